The maximum Gasteiger partial charge on any atom is 0.228 e. The molecule has 0 radical (unpaired) electrons. The third kappa shape index (κ3) is 5.48. The van der Waals surface area contributed by atoms with E-state index in [0.29, 0.717) is 53.4 Å². The van der Waals surface area contributed by atoms with Crippen LogP contribution in [-0.4, -0.2) is 60.9 Å². The van der Waals surface area contributed by atoms with Crippen LogP contribution in [0.3, 0.4) is 0 Å². The average molecular weight is 524 g/mol. The number of carbonyl (C=O) groups is 1. The number of nitrogens with one attached hydrogen (secondary N) is 1. The molecule has 0 fully saturated rings. The number of aromatic amines is 1. The number of aromatic nitrogens is 1. The number of carbonyl (C=O) groups excluding carboxylic acids is 1. The molecular weight excluding hydrogens is 494 g/mol. The number of nitriles is 1. The highest BCUT2D eigenvalue weighted by atomic mass is 17.2. The summed E-state index contributed by atoms with van der Waals surface area (Å²) in [6.45, 7) is 1.16. The van der Waals surface area contributed by atoms with Gasteiger partial charge in [0, 0.05) is 48.6 Å². The van der Waals surface area contributed by atoms with Gasteiger partial charge in [-0.25, -0.2) is 4.99 Å². The highest BCUT2D eigenvalue weighted by Crippen LogP contribution is 2.34. The largest absolute Gasteiger partial charge is 0.494 e. The molecule has 4 aromatic rings. The molecule has 0 aliphatic carbocycles. The van der Waals surface area contributed by atoms with E-state index in [9.17, 15) is 15.2 Å². The number of amides is 1. The maximum atomic E-state index is 12.6. The summed E-state index contributed by atoms with van der Waals surface area (Å²) in [7, 11) is 5.64. The summed E-state index contributed by atoms with van der Waals surface area (Å²) in [6, 6.07) is 20.5. The molecule has 0 unspecified atom stereocenters. The Morgan fingerprint density at radius 2 is 1.90 bits per heavy atom. The number of rotatable bonds is 7. The Morgan fingerprint density at radius 3 is 2.64 bits per heavy atom. The Labute approximate surface area is 226 Å². The van der Waals surface area contributed by atoms with Crippen molar-refractivity contribution in [2.75, 3.05) is 39.2 Å². The Morgan fingerprint density at radius 1 is 1.10 bits per heavy atom. The lowest BCUT2D eigenvalue weighted by Gasteiger charge is -2.19. The van der Waals surface area contributed by atoms with Gasteiger partial charge in [-0.15, -0.1) is 0 Å². The van der Waals surface area contributed by atoms with Crippen LogP contribution in [0, 0.1) is 11.3 Å². The van der Waals surface area contributed by atoms with E-state index in [4.69, 9.17) is 14.8 Å². The van der Waals surface area contributed by atoms with Gasteiger partial charge in [0.25, 0.3) is 0 Å². The zero-order valence-electron chi connectivity index (χ0n) is 22.1. The number of anilines is 1. The molecule has 0 spiro atoms. The van der Waals surface area contributed by atoms with Crippen LogP contribution in [0.1, 0.15) is 28.7 Å². The molecule has 0 atom stereocenters. The predicted octanol–water partition coefficient (Wildman–Crippen LogP) is 4.70. The first-order valence-electron chi connectivity index (χ1n) is 12.6. The van der Waals surface area contributed by atoms with Crippen molar-refractivity contribution in [2.24, 2.45) is 4.99 Å². The van der Waals surface area contributed by atoms with Gasteiger partial charge in [-0.3, -0.25) is 4.79 Å². The molecule has 0 bridgehead atoms. The second-order valence-electron chi connectivity index (χ2n) is 9.68. The van der Waals surface area contributed by atoms with Gasteiger partial charge in [0.1, 0.15) is 0 Å². The number of benzene rings is 3. The summed E-state index contributed by atoms with van der Waals surface area (Å²) in [5.74, 6) is 0.569. The van der Waals surface area contributed by atoms with Crippen LogP contribution >= 0.6 is 0 Å². The molecule has 0 saturated heterocycles. The van der Waals surface area contributed by atoms with Gasteiger partial charge >= 0.3 is 0 Å². The van der Waals surface area contributed by atoms with Crippen LogP contribution < -0.4 is 9.79 Å². The van der Waals surface area contributed by atoms with Gasteiger partial charge in [0.15, 0.2) is 11.6 Å². The van der Waals surface area contributed by atoms with Crippen LogP contribution in [0.4, 0.5) is 11.4 Å². The lowest BCUT2D eigenvalue weighted by atomic mass is 9.98. The fourth-order valence-corrected chi connectivity index (χ4v) is 4.51. The highest BCUT2D eigenvalue weighted by Gasteiger charge is 2.22. The predicted molar refractivity (Wildman–Crippen MR) is 150 cm³/mol. The van der Waals surface area contributed by atoms with E-state index in [1.54, 1.807) is 30.1 Å². The van der Waals surface area contributed by atoms with Crippen molar-refractivity contribution < 1.29 is 19.7 Å². The van der Waals surface area contributed by atoms with Crippen LogP contribution in [0.25, 0.3) is 10.9 Å². The molecule has 1 aliphatic heterocycles. The van der Waals surface area contributed by atoms with Crippen molar-refractivity contribution >= 4 is 33.9 Å². The molecule has 39 heavy (non-hydrogen) atoms. The molecule has 2 N–H and O–H groups in total. The molecule has 1 aromatic heterocycles. The molecule has 1 amide bonds. The van der Waals surface area contributed by atoms with Gasteiger partial charge in [0.05, 0.1) is 40.7 Å². The van der Waals surface area contributed by atoms with Crippen LogP contribution in [0.5, 0.6) is 11.6 Å². The van der Waals surface area contributed by atoms with Crippen molar-refractivity contribution in [3.05, 3.63) is 82.9 Å². The van der Waals surface area contributed by atoms with Crippen molar-refractivity contribution in [2.45, 2.75) is 12.8 Å². The van der Waals surface area contributed by atoms with Gasteiger partial charge in [-0.1, -0.05) is 18.2 Å². The monoisotopic (exact) mass is 523 g/mol. The first-order valence-corrected chi connectivity index (χ1v) is 12.6. The molecule has 9 heteroatoms. The number of H-pyrrole nitrogens is 1. The molecule has 9 nitrogen and oxygen atoms in total. The van der Waals surface area contributed by atoms with E-state index >= 15 is 0 Å². The standard InChI is InChI=1S/C30H29N5O4/c1-34(2)14-12-27(36)35(3)23-9-7-22(8-10-23)32-29(21-6-5-20-13-15-38-39-26(20)17-21)28-24-11-4-19(18-31)16-25(24)33-30(28)37/h4-11,16-17,33,37H,12-15H2,1-3H3. The van der Waals surface area contributed by atoms with E-state index in [1.807, 2.05) is 61.5 Å². The summed E-state index contributed by atoms with van der Waals surface area (Å²) in [6.07, 6.45) is 1.16. The maximum absolute atomic E-state index is 12.6. The first-order chi connectivity index (χ1) is 18.8. The average Bonchev–Trinajstić information content (AvgIpc) is 3.28. The minimum absolute atomic E-state index is 0.0253. The fourth-order valence-electron chi connectivity index (χ4n) is 4.51. The lowest BCUT2D eigenvalue weighted by molar-refractivity contribution is -0.215. The van der Waals surface area contributed by atoms with Gasteiger partial charge in [-0.2, -0.15) is 10.1 Å². The number of hydrogen-bond donors (Lipinski definition) is 2. The second kappa shape index (κ2) is 11.0. The molecule has 2 heterocycles. The SMILES string of the molecule is CN(C)CCC(=O)N(C)c1ccc(N=C(c2ccc3c(c2)OOCC3)c2c(O)[nH]c3cc(C#N)ccc23)cc1. The lowest BCUT2D eigenvalue weighted by Crippen LogP contribution is -2.29. The minimum Gasteiger partial charge on any atom is -0.494 e. The minimum atomic E-state index is -0.0587. The number of aromatic hydroxyl groups is 1. The Hall–Kier alpha value is -4.65. The number of nitrogens with zero attached hydrogens (tertiary/aromatic N) is 4. The molecule has 198 valence electrons. The quantitative estimate of drug-likeness (QED) is 0.268. The van der Waals surface area contributed by atoms with Crippen LogP contribution in [0.2, 0.25) is 0 Å². The van der Waals surface area contributed by atoms with Crippen molar-refractivity contribution in [1.82, 2.24) is 9.88 Å². The van der Waals surface area contributed by atoms with Crippen molar-refractivity contribution in [1.29, 1.82) is 5.26 Å². The van der Waals surface area contributed by atoms with Gasteiger partial charge in [-0.05, 0) is 56.6 Å². The third-order valence-corrected chi connectivity index (χ3v) is 6.71. The van der Waals surface area contributed by atoms with Crippen molar-refractivity contribution in [3.8, 4) is 17.7 Å². The topological polar surface area (TPSA) is 114 Å². The first kappa shape index (κ1) is 26.0. The van der Waals surface area contributed by atoms with Crippen LogP contribution in [-0.2, 0) is 16.1 Å². The smallest absolute Gasteiger partial charge is 0.228 e. The zero-order valence-corrected chi connectivity index (χ0v) is 22.1. The van der Waals surface area contributed by atoms with E-state index < -0.39 is 0 Å². The molecular formula is C30H29N5O4. The van der Waals surface area contributed by atoms with Crippen LogP contribution in [0.15, 0.2) is 65.7 Å². The number of hydrogen-bond acceptors (Lipinski definition) is 7. The Kier molecular flexibility index (Phi) is 7.32. The van der Waals surface area contributed by atoms with Gasteiger partial charge < -0.3 is 24.8 Å². The summed E-state index contributed by atoms with van der Waals surface area (Å²) in [4.78, 5) is 34.7. The summed E-state index contributed by atoms with van der Waals surface area (Å²) in [5, 5.41) is 21.0. The molecule has 1 aliphatic rings. The summed E-state index contributed by atoms with van der Waals surface area (Å²) in [5.41, 5.74) is 5.28. The van der Waals surface area contributed by atoms with Gasteiger partial charge in [0.2, 0.25) is 5.91 Å². The third-order valence-electron chi connectivity index (χ3n) is 6.71. The summed E-state index contributed by atoms with van der Waals surface area (Å²) >= 11 is 0. The molecule has 3 aromatic carbocycles. The number of fused-ring (bicyclic) bond motifs is 2. The molecule has 5 rings (SSSR count). The Bertz CT molecular complexity index is 1600. The Balaban J connectivity index is 1.57. The van der Waals surface area contributed by atoms with E-state index in [1.165, 1.54) is 0 Å². The van der Waals surface area contributed by atoms with E-state index in [0.717, 1.165) is 28.6 Å². The van der Waals surface area contributed by atoms with Crippen molar-refractivity contribution in [3.63, 3.8) is 0 Å². The molecule has 0 saturated carbocycles. The number of aliphatic imine (C=N–C) groups is 1. The summed E-state index contributed by atoms with van der Waals surface area (Å²) < 4.78 is 0. The van der Waals surface area contributed by atoms with E-state index in [-0.39, 0.29) is 11.8 Å². The van der Waals surface area contributed by atoms with E-state index in [2.05, 4.69) is 11.1 Å². The highest BCUT2D eigenvalue weighted by molar-refractivity contribution is 6.22. The second-order valence-corrected chi connectivity index (χ2v) is 9.68. The zero-order chi connectivity index (χ0) is 27.5. The normalized spacial score (nSPS) is 13.2. The fraction of sp³-hybridized carbons (Fsp3) is 0.233.